The number of carbonyl (C=O) groups excluding carboxylic acids is 3. The molecule has 0 bridgehead atoms. The molecule has 1 aliphatic rings. The van der Waals surface area contributed by atoms with Gasteiger partial charge in [-0.15, -0.1) is 0 Å². The van der Waals surface area contributed by atoms with Crippen LogP contribution in [0.1, 0.15) is 60.0 Å². The van der Waals surface area contributed by atoms with Gasteiger partial charge in [-0.25, -0.2) is 0 Å². The Bertz CT molecular complexity index is 1060. The van der Waals surface area contributed by atoms with Crippen molar-refractivity contribution in [3.63, 3.8) is 0 Å². The molecule has 2 aromatic heterocycles. The molecule has 0 unspecified atom stereocenters. The van der Waals surface area contributed by atoms with Gasteiger partial charge in [0.05, 0.1) is 19.1 Å². The van der Waals surface area contributed by atoms with Crippen LogP contribution < -0.4 is 10.6 Å². The van der Waals surface area contributed by atoms with Gasteiger partial charge in [0.2, 0.25) is 5.91 Å². The zero-order chi connectivity index (χ0) is 23.8. The molecule has 1 aromatic carbocycles. The summed E-state index contributed by atoms with van der Waals surface area (Å²) in [7, 11) is 0. The van der Waals surface area contributed by atoms with Crippen molar-refractivity contribution < 1.29 is 23.2 Å². The van der Waals surface area contributed by atoms with Gasteiger partial charge in [0.15, 0.2) is 11.8 Å². The average molecular weight is 464 g/mol. The second-order valence-electron chi connectivity index (χ2n) is 8.43. The zero-order valence-electron chi connectivity index (χ0n) is 18.9. The number of nitrogens with one attached hydrogen (secondary N) is 2. The number of furan rings is 2. The van der Waals surface area contributed by atoms with Crippen LogP contribution in [0.4, 0.5) is 0 Å². The highest BCUT2D eigenvalue weighted by atomic mass is 16.3. The van der Waals surface area contributed by atoms with Gasteiger partial charge < -0.3 is 24.4 Å². The summed E-state index contributed by atoms with van der Waals surface area (Å²) in [6, 6.07) is 15.0. The summed E-state index contributed by atoms with van der Waals surface area (Å²) in [6.07, 6.45) is 8.03. The van der Waals surface area contributed by atoms with Gasteiger partial charge in [0.25, 0.3) is 11.8 Å². The fraction of sp³-hybridized carbons (Fsp3) is 0.346. The van der Waals surface area contributed by atoms with Crippen molar-refractivity contribution in [3.05, 3.63) is 84.2 Å². The van der Waals surface area contributed by atoms with Crippen molar-refractivity contribution in [2.24, 2.45) is 0 Å². The first-order valence-electron chi connectivity index (χ1n) is 11.6. The Kier molecular flexibility index (Phi) is 7.80. The Labute approximate surface area is 198 Å². The molecule has 1 atom stereocenters. The first-order chi connectivity index (χ1) is 16.6. The van der Waals surface area contributed by atoms with E-state index in [2.05, 4.69) is 10.6 Å². The smallest absolute Gasteiger partial charge is 0.287 e. The van der Waals surface area contributed by atoms with E-state index in [1.54, 1.807) is 18.2 Å². The Morgan fingerprint density at radius 3 is 2.32 bits per heavy atom. The van der Waals surface area contributed by atoms with Crippen molar-refractivity contribution in [3.8, 4) is 0 Å². The van der Waals surface area contributed by atoms with Crippen LogP contribution in [0.25, 0.3) is 0 Å². The fourth-order valence-corrected chi connectivity index (χ4v) is 4.25. The van der Waals surface area contributed by atoms with Gasteiger partial charge in [-0.2, -0.15) is 0 Å². The van der Waals surface area contributed by atoms with Crippen molar-refractivity contribution in [2.45, 2.75) is 50.7 Å². The summed E-state index contributed by atoms with van der Waals surface area (Å²) < 4.78 is 10.7. The maximum Gasteiger partial charge on any atom is 0.287 e. The lowest BCUT2D eigenvalue weighted by Gasteiger charge is -2.32. The van der Waals surface area contributed by atoms with Crippen molar-refractivity contribution in [2.75, 3.05) is 6.54 Å². The molecule has 8 heteroatoms. The number of rotatable bonds is 9. The number of hydrogen-bond acceptors (Lipinski definition) is 5. The first kappa shape index (κ1) is 23.4. The number of hydrogen-bond donors (Lipinski definition) is 2. The third-order valence-corrected chi connectivity index (χ3v) is 5.99. The molecule has 4 rings (SSSR count). The van der Waals surface area contributed by atoms with Crippen LogP contribution in [0, 0.1) is 0 Å². The second kappa shape index (κ2) is 11.4. The lowest BCUT2D eigenvalue weighted by Crippen LogP contribution is -2.49. The summed E-state index contributed by atoms with van der Waals surface area (Å²) in [6.45, 7) is -0.111. The van der Waals surface area contributed by atoms with E-state index < -0.39 is 17.9 Å². The molecule has 8 nitrogen and oxygen atoms in total. The maximum absolute atomic E-state index is 13.5. The summed E-state index contributed by atoms with van der Waals surface area (Å²) >= 11 is 0. The molecule has 34 heavy (non-hydrogen) atoms. The number of benzene rings is 1. The topological polar surface area (TPSA) is 105 Å². The molecule has 0 aliphatic heterocycles. The van der Waals surface area contributed by atoms with E-state index in [0.717, 1.165) is 31.2 Å². The Morgan fingerprint density at radius 2 is 1.65 bits per heavy atom. The summed E-state index contributed by atoms with van der Waals surface area (Å²) in [5.74, 6) is -0.721. The van der Waals surface area contributed by atoms with E-state index in [0.29, 0.717) is 5.76 Å². The lowest BCUT2D eigenvalue weighted by atomic mass is 9.95. The molecule has 0 radical (unpaired) electrons. The molecule has 1 aliphatic carbocycles. The maximum atomic E-state index is 13.5. The molecule has 0 spiro atoms. The number of carbonyl (C=O) groups is 3. The van der Waals surface area contributed by atoms with E-state index in [9.17, 15) is 14.4 Å². The largest absolute Gasteiger partial charge is 0.467 e. The highest BCUT2D eigenvalue weighted by Crippen LogP contribution is 2.26. The monoisotopic (exact) mass is 463 g/mol. The third kappa shape index (κ3) is 5.95. The van der Waals surface area contributed by atoms with E-state index in [-0.39, 0.29) is 30.8 Å². The van der Waals surface area contributed by atoms with Gasteiger partial charge in [0, 0.05) is 12.6 Å². The summed E-state index contributed by atoms with van der Waals surface area (Å²) in [5, 5.41) is 5.71. The Morgan fingerprint density at radius 1 is 0.912 bits per heavy atom. The predicted molar refractivity (Wildman–Crippen MR) is 124 cm³/mol. The average Bonchev–Trinajstić information content (AvgIpc) is 3.58. The highest BCUT2D eigenvalue weighted by Gasteiger charge is 2.35. The lowest BCUT2D eigenvalue weighted by molar-refractivity contribution is -0.142. The summed E-state index contributed by atoms with van der Waals surface area (Å²) in [4.78, 5) is 40.7. The zero-order valence-corrected chi connectivity index (χ0v) is 18.9. The fourth-order valence-electron chi connectivity index (χ4n) is 4.25. The molecule has 3 amide bonds. The van der Waals surface area contributed by atoms with Crippen LogP contribution >= 0.6 is 0 Å². The molecule has 0 saturated heterocycles. The SMILES string of the molecule is O=C(NCC(=O)N(Cc1ccccc1)[C@@H](C(=O)NC1CCCCC1)c1ccco1)c1ccco1. The Hall–Kier alpha value is -3.81. The first-order valence-corrected chi connectivity index (χ1v) is 11.6. The number of nitrogens with zero attached hydrogens (tertiary/aromatic N) is 1. The van der Waals surface area contributed by atoms with E-state index in [1.807, 2.05) is 30.3 Å². The van der Waals surface area contributed by atoms with Crippen LogP contribution in [-0.4, -0.2) is 35.2 Å². The molecule has 178 valence electrons. The minimum atomic E-state index is -0.967. The van der Waals surface area contributed by atoms with Crippen molar-refractivity contribution >= 4 is 17.7 Å². The molecule has 2 heterocycles. The van der Waals surface area contributed by atoms with Gasteiger partial charge >= 0.3 is 0 Å². The standard InChI is InChI=1S/C26H29N3O5/c30-23(17-27-25(31)22-14-8-16-34-22)29(18-19-9-3-1-4-10-19)24(21-13-7-15-33-21)26(32)28-20-11-5-2-6-12-20/h1,3-4,7-10,13-16,20,24H,2,5-6,11-12,17-18H2,(H,27,31)(H,28,32)/t24-/m1/s1. The van der Waals surface area contributed by atoms with Crippen molar-refractivity contribution in [1.82, 2.24) is 15.5 Å². The van der Waals surface area contributed by atoms with Crippen LogP contribution in [0.3, 0.4) is 0 Å². The molecule has 2 N–H and O–H groups in total. The van der Waals surface area contributed by atoms with E-state index in [4.69, 9.17) is 8.83 Å². The van der Waals surface area contributed by atoms with Crippen molar-refractivity contribution in [1.29, 1.82) is 0 Å². The minimum absolute atomic E-state index is 0.0750. The van der Waals surface area contributed by atoms with Crippen LogP contribution in [0.15, 0.2) is 76.0 Å². The summed E-state index contributed by atoms with van der Waals surface area (Å²) in [5.41, 5.74) is 0.857. The van der Waals surface area contributed by atoms with E-state index >= 15 is 0 Å². The van der Waals surface area contributed by atoms with Gasteiger partial charge in [-0.1, -0.05) is 49.6 Å². The Balaban J connectivity index is 1.57. The molecule has 3 aromatic rings. The third-order valence-electron chi connectivity index (χ3n) is 5.99. The molecule has 1 fully saturated rings. The second-order valence-corrected chi connectivity index (χ2v) is 8.43. The van der Waals surface area contributed by atoms with E-state index in [1.165, 1.54) is 29.9 Å². The van der Waals surface area contributed by atoms with Gasteiger partial charge in [-0.05, 0) is 42.7 Å². The van der Waals surface area contributed by atoms with Gasteiger partial charge in [0.1, 0.15) is 5.76 Å². The number of amides is 3. The van der Waals surface area contributed by atoms with Crippen LogP contribution in [-0.2, 0) is 16.1 Å². The predicted octanol–water partition coefficient (Wildman–Crippen LogP) is 3.82. The van der Waals surface area contributed by atoms with Crippen LogP contribution in [0.2, 0.25) is 0 Å². The normalized spacial score (nSPS) is 14.8. The highest BCUT2D eigenvalue weighted by molar-refractivity contribution is 5.95. The van der Waals surface area contributed by atoms with Gasteiger partial charge in [-0.3, -0.25) is 14.4 Å². The van der Waals surface area contributed by atoms with Crippen LogP contribution in [0.5, 0.6) is 0 Å². The molecular formula is C26H29N3O5. The molecule has 1 saturated carbocycles. The quantitative estimate of drug-likeness (QED) is 0.502. The molecular weight excluding hydrogens is 434 g/mol. The minimum Gasteiger partial charge on any atom is -0.467 e.